The second-order valence-corrected chi connectivity index (χ2v) is 6.23. The highest BCUT2D eigenvalue weighted by Gasteiger charge is 2.41. The largest absolute Gasteiger partial charge is 0.480 e. The molecule has 1 fully saturated rings. The third-order valence-electron chi connectivity index (χ3n) is 4.21. The van der Waals surface area contributed by atoms with Gasteiger partial charge in [0, 0.05) is 11.6 Å². The molecular formula is C15H15ClF3NO4. The van der Waals surface area contributed by atoms with Crippen LogP contribution < -0.4 is 0 Å². The summed E-state index contributed by atoms with van der Waals surface area (Å²) in [6, 6.07) is 1.48. The number of nitro groups is 1. The van der Waals surface area contributed by atoms with Gasteiger partial charge < -0.3 is 5.11 Å². The maximum absolute atomic E-state index is 13.5. The Hall–Kier alpha value is -1.83. The first-order chi connectivity index (χ1) is 11.1. The summed E-state index contributed by atoms with van der Waals surface area (Å²) < 4.78 is 40.4. The molecule has 0 heterocycles. The van der Waals surface area contributed by atoms with Crippen molar-refractivity contribution in [2.75, 3.05) is 0 Å². The van der Waals surface area contributed by atoms with E-state index in [1.807, 2.05) is 0 Å². The standard InChI is InChI=1S/C15H15ClF3NO4/c16-13(14(21)22)9-6-10(15(17,18)19)12(11(7-9)20(23)24)8-4-2-1-3-5-8/h6-8,13H,1-5H2,(H,21,22). The van der Waals surface area contributed by atoms with Crippen LogP contribution in [0.15, 0.2) is 12.1 Å². The Morgan fingerprint density at radius 3 is 2.33 bits per heavy atom. The highest BCUT2D eigenvalue weighted by Crippen LogP contribution is 2.46. The van der Waals surface area contributed by atoms with E-state index in [0.717, 1.165) is 12.5 Å². The minimum Gasteiger partial charge on any atom is -0.480 e. The van der Waals surface area contributed by atoms with Crippen LogP contribution in [0.2, 0.25) is 0 Å². The molecule has 0 spiro atoms. The fourth-order valence-corrected chi connectivity index (χ4v) is 3.28. The van der Waals surface area contributed by atoms with Crippen LogP contribution in [0.5, 0.6) is 0 Å². The van der Waals surface area contributed by atoms with Crippen molar-refractivity contribution in [1.82, 2.24) is 0 Å². The van der Waals surface area contributed by atoms with Gasteiger partial charge in [-0.2, -0.15) is 13.2 Å². The fourth-order valence-electron chi connectivity index (χ4n) is 3.15. The molecule has 0 bridgehead atoms. The molecule has 1 atom stereocenters. The van der Waals surface area contributed by atoms with Gasteiger partial charge >= 0.3 is 12.1 Å². The maximum atomic E-state index is 13.5. The van der Waals surface area contributed by atoms with Gasteiger partial charge in [0.1, 0.15) is 0 Å². The monoisotopic (exact) mass is 365 g/mol. The summed E-state index contributed by atoms with van der Waals surface area (Å²) in [4.78, 5) is 21.4. The molecule has 1 aromatic rings. The number of carboxylic acid groups (broad SMARTS) is 1. The van der Waals surface area contributed by atoms with Crippen LogP contribution in [0.4, 0.5) is 18.9 Å². The van der Waals surface area contributed by atoms with E-state index in [1.54, 1.807) is 0 Å². The van der Waals surface area contributed by atoms with Crippen LogP contribution in [0.25, 0.3) is 0 Å². The Balaban J connectivity index is 2.70. The number of carbonyl (C=O) groups is 1. The van der Waals surface area contributed by atoms with Crippen LogP contribution in [-0.2, 0) is 11.0 Å². The number of aliphatic carboxylic acids is 1. The van der Waals surface area contributed by atoms with E-state index in [-0.39, 0.29) is 5.56 Å². The van der Waals surface area contributed by atoms with Gasteiger partial charge in [-0.15, -0.1) is 11.6 Å². The van der Waals surface area contributed by atoms with Gasteiger partial charge in [-0.3, -0.25) is 14.9 Å². The highest BCUT2D eigenvalue weighted by atomic mass is 35.5. The molecule has 0 aliphatic heterocycles. The molecule has 9 heteroatoms. The van der Waals surface area contributed by atoms with E-state index in [1.165, 1.54) is 0 Å². The van der Waals surface area contributed by atoms with Gasteiger partial charge in [0.2, 0.25) is 0 Å². The lowest BCUT2D eigenvalue weighted by Gasteiger charge is -2.25. The van der Waals surface area contributed by atoms with E-state index in [0.29, 0.717) is 31.7 Å². The van der Waals surface area contributed by atoms with Crippen LogP contribution in [0.3, 0.4) is 0 Å². The Morgan fingerprint density at radius 1 is 1.29 bits per heavy atom. The summed E-state index contributed by atoms with van der Waals surface area (Å²) in [6.07, 6.45) is -1.67. The van der Waals surface area contributed by atoms with Crippen molar-refractivity contribution in [2.24, 2.45) is 0 Å². The van der Waals surface area contributed by atoms with Crippen LogP contribution >= 0.6 is 11.6 Å². The second-order valence-electron chi connectivity index (χ2n) is 5.79. The minimum absolute atomic E-state index is 0.356. The fraction of sp³-hybridized carbons (Fsp3) is 0.533. The van der Waals surface area contributed by atoms with Crippen molar-refractivity contribution >= 4 is 23.3 Å². The molecule has 5 nitrogen and oxygen atoms in total. The number of alkyl halides is 4. The Bertz CT molecular complexity index is 657. The van der Waals surface area contributed by atoms with Crippen molar-refractivity contribution in [3.8, 4) is 0 Å². The number of rotatable bonds is 4. The molecular weight excluding hydrogens is 351 g/mol. The van der Waals surface area contributed by atoms with Gasteiger partial charge in [0.05, 0.1) is 10.5 Å². The summed E-state index contributed by atoms with van der Waals surface area (Å²) in [5.41, 5.74) is -2.67. The van der Waals surface area contributed by atoms with Crippen molar-refractivity contribution < 1.29 is 28.0 Å². The molecule has 1 aliphatic carbocycles. The number of nitrogens with zero attached hydrogens (tertiary/aromatic N) is 1. The number of carboxylic acids is 1. The summed E-state index contributed by atoms with van der Waals surface area (Å²) in [5, 5.41) is 18.4. The molecule has 1 unspecified atom stereocenters. The van der Waals surface area contributed by atoms with E-state index in [2.05, 4.69) is 0 Å². The molecule has 0 radical (unpaired) electrons. The van der Waals surface area contributed by atoms with Crippen molar-refractivity contribution in [3.05, 3.63) is 38.9 Å². The Kier molecular flexibility index (Phi) is 5.37. The molecule has 1 aromatic carbocycles. The lowest BCUT2D eigenvalue weighted by molar-refractivity contribution is -0.386. The molecule has 24 heavy (non-hydrogen) atoms. The highest BCUT2D eigenvalue weighted by molar-refractivity contribution is 6.29. The number of benzene rings is 1. The van der Waals surface area contributed by atoms with Gasteiger partial charge in [0.15, 0.2) is 5.38 Å². The van der Waals surface area contributed by atoms with Crippen LogP contribution in [0.1, 0.15) is 60.1 Å². The first-order valence-electron chi connectivity index (χ1n) is 7.39. The molecule has 1 aliphatic rings. The molecule has 0 aromatic heterocycles. The zero-order valence-electron chi connectivity index (χ0n) is 12.5. The average Bonchev–Trinajstić information content (AvgIpc) is 2.52. The van der Waals surface area contributed by atoms with Crippen LogP contribution in [-0.4, -0.2) is 16.0 Å². The predicted octanol–water partition coefficient (Wildman–Crippen LogP) is 5.03. The SMILES string of the molecule is O=C(O)C(Cl)c1cc([N+](=O)[O-])c(C2CCCCC2)c(C(F)(F)F)c1. The van der Waals surface area contributed by atoms with Crippen molar-refractivity contribution in [3.63, 3.8) is 0 Å². The third-order valence-corrected chi connectivity index (χ3v) is 4.64. The Morgan fingerprint density at radius 2 is 1.88 bits per heavy atom. The molecule has 0 saturated heterocycles. The lowest BCUT2D eigenvalue weighted by Crippen LogP contribution is -2.18. The third kappa shape index (κ3) is 3.80. The smallest absolute Gasteiger partial charge is 0.416 e. The maximum Gasteiger partial charge on any atom is 0.416 e. The number of hydrogen-bond donors (Lipinski definition) is 1. The quantitative estimate of drug-likeness (QED) is 0.461. The predicted molar refractivity (Wildman–Crippen MR) is 80.2 cm³/mol. The average molecular weight is 366 g/mol. The van der Waals surface area contributed by atoms with E-state index in [4.69, 9.17) is 16.7 Å². The normalized spacial score (nSPS) is 17.5. The molecule has 132 valence electrons. The summed E-state index contributed by atoms with van der Waals surface area (Å²) in [7, 11) is 0. The lowest BCUT2D eigenvalue weighted by atomic mass is 9.80. The van der Waals surface area contributed by atoms with Gasteiger partial charge in [-0.05, 0) is 30.4 Å². The summed E-state index contributed by atoms with van der Waals surface area (Å²) in [6.45, 7) is 0. The second kappa shape index (κ2) is 6.96. The molecule has 0 amide bonds. The molecule has 2 rings (SSSR count). The van der Waals surface area contributed by atoms with Gasteiger partial charge in [-0.25, -0.2) is 0 Å². The first kappa shape index (κ1) is 18.5. The number of halogens is 4. The zero-order chi connectivity index (χ0) is 18.1. The number of hydrogen-bond acceptors (Lipinski definition) is 3. The van der Waals surface area contributed by atoms with E-state index < -0.39 is 45.2 Å². The minimum atomic E-state index is -4.83. The van der Waals surface area contributed by atoms with Crippen molar-refractivity contribution in [2.45, 2.75) is 49.6 Å². The van der Waals surface area contributed by atoms with Gasteiger partial charge in [0.25, 0.3) is 5.69 Å². The van der Waals surface area contributed by atoms with Crippen LogP contribution in [0, 0.1) is 10.1 Å². The molecule has 1 N–H and O–H groups in total. The summed E-state index contributed by atoms with van der Waals surface area (Å²) in [5.74, 6) is -2.13. The number of nitro benzene ring substituents is 1. The Labute approximate surface area is 140 Å². The topological polar surface area (TPSA) is 80.4 Å². The first-order valence-corrected chi connectivity index (χ1v) is 7.83. The molecule has 1 saturated carbocycles. The summed E-state index contributed by atoms with van der Waals surface area (Å²) >= 11 is 5.59. The van der Waals surface area contributed by atoms with Gasteiger partial charge in [-0.1, -0.05) is 19.3 Å². The zero-order valence-corrected chi connectivity index (χ0v) is 13.2. The van der Waals surface area contributed by atoms with E-state index >= 15 is 0 Å². The van der Waals surface area contributed by atoms with Crippen molar-refractivity contribution in [1.29, 1.82) is 0 Å². The van der Waals surface area contributed by atoms with E-state index in [9.17, 15) is 28.1 Å².